The lowest BCUT2D eigenvalue weighted by molar-refractivity contribution is 0.483. The Bertz CT molecular complexity index is 728. The minimum Gasteiger partial charge on any atom is -0.457 e. The fourth-order valence-corrected chi connectivity index (χ4v) is 2.44. The molecule has 2 heteroatoms. The summed E-state index contributed by atoms with van der Waals surface area (Å²) >= 11 is 0. The topological polar surface area (TPSA) is 21.3 Å². The molecule has 0 aliphatic carbocycles. The first-order valence-electron chi connectivity index (χ1n) is 7.37. The molecule has 3 aromatic rings. The van der Waals surface area contributed by atoms with E-state index in [1.54, 1.807) is 0 Å². The molecule has 0 bridgehead atoms. The van der Waals surface area contributed by atoms with Crippen molar-refractivity contribution in [3.63, 3.8) is 0 Å². The highest BCUT2D eigenvalue weighted by Crippen LogP contribution is 2.25. The second kappa shape index (κ2) is 6.35. The van der Waals surface area contributed by atoms with Crippen molar-refractivity contribution in [2.75, 3.05) is 5.32 Å². The lowest BCUT2D eigenvalue weighted by Crippen LogP contribution is -1.92. The highest BCUT2D eigenvalue weighted by atomic mass is 16.5. The standard InChI is InChI=1S/C20H19NO/c1-15-12-16(2)14-18(13-15)21-17-8-10-20(11-9-17)22-19-6-4-3-5-7-19/h3-14,21H,1-2H3. The Morgan fingerprint density at radius 1 is 0.636 bits per heavy atom. The van der Waals surface area contributed by atoms with Crippen molar-refractivity contribution >= 4 is 11.4 Å². The molecule has 3 rings (SSSR count). The van der Waals surface area contributed by atoms with Gasteiger partial charge in [0, 0.05) is 11.4 Å². The summed E-state index contributed by atoms with van der Waals surface area (Å²) in [6.45, 7) is 4.21. The predicted octanol–water partition coefficient (Wildman–Crippen LogP) is 5.84. The maximum Gasteiger partial charge on any atom is 0.127 e. The van der Waals surface area contributed by atoms with Crippen LogP contribution in [0.25, 0.3) is 0 Å². The van der Waals surface area contributed by atoms with Crippen LogP contribution in [0, 0.1) is 13.8 Å². The fourth-order valence-electron chi connectivity index (χ4n) is 2.44. The molecule has 22 heavy (non-hydrogen) atoms. The third kappa shape index (κ3) is 3.67. The summed E-state index contributed by atoms with van der Waals surface area (Å²) in [5.41, 5.74) is 4.66. The molecule has 0 aliphatic heterocycles. The lowest BCUT2D eigenvalue weighted by Gasteiger charge is -2.10. The Morgan fingerprint density at radius 2 is 1.23 bits per heavy atom. The van der Waals surface area contributed by atoms with Gasteiger partial charge in [0.2, 0.25) is 0 Å². The van der Waals surface area contributed by atoms with E-state index in [9.17, 15) is 0 Å². The first-order chi connectivity index (χ1) is 10.7. The minimum absolute atomic E-state index is 0.831. The van der Waals surface area contributed by atoms with Gasteiger partial charge in [-0.05, 0) is 73.5 Å². The zero-order valence-electron chi connectivity index (χ0n) is 12.8. The van der Waals surface area contributed by atoms with Crippen LogP contribution in [0.15, 0.2) is 72.8 Å². The summed E-state index contributed by atoms with van der Waals surface area (Å²) in [4.78, 5) is 0. The fraction of sp³-hybridized carbons (Fsp3) is 0.100. The average Bonchev–Trinajstić information content (AvgIpc) is 2.49. The summed E-state index contributed by atoms with van der Waals surface area (Å²) in [6.07, 6.45) is 0. The molecule has 0 amide bonds. The van der Waals surface area contributed by atoms with Gasteiger partial charge in [0.15, 0.2) is 0 Å². The minimum atomic E-state index is 0.831. The van der Waals surface area contributed by atoms with E-state index in [1.807, 2.05) is 54.6 Å². The molecule has 0 radical (unpaired) electrons. The van der Waals surface area contributed by atoms with Crippen LogP contribution in [0.1, 0.15) is 11.1 Å². The number of hydrogen-bond donors (Lipinski definition) is 1. The number of para-hydroxylation sites is 1. The molecule has 2 nitrogen and oxygen atoms in total. The largest absolute Gasteiger partial charge is 0.457 e. The number of ether oxygens (including phenoxy) is 1. The third-order valence-corrected chi connectivity index (χ3v) is 3.34. The highest BCUT2D eigenvalue weighted by Gasteiger charge is 1.99. The molecule has 0 fully saturated rings. The summed E-state index contributed by atoms with van der Waals surface area (Å²) in [5, 5.41) is 3.42. The monoisotopic (exact) mass is 289 g/mol. The van der Waals surface area contributed by atoms with Crippen LogP contribution in [-0.4, -0.2) is 0 Å². The van der Waals surface area contributed by atoms with Gasteiger partial charge in [-0.2, -0.15) is 0 Å². The van der Waals surface area contributed by atoms with Crippen molar-refractivity contribution < 1.29 is 4.74 Å². The van der Waals surface area contributed by atoms with Gasteiger partial charge in [0.05, 0.1) is 0 Å². The van der Waals surface area contributed by atoms with Crippen LogP contribution in [0.4, 0.5) is 11.4 Å². The van der Waals surface area contributed by atoms with Gasteiger partial charge in [-0.1, -0.05) is 24.3 Å². The molecule has 0 saturated heterocycles. The predicted molar refractivity (Wildman–Crippen MR) is 92.2 cm³/mol. The van der Waals surface area contributed by atoms with Crippen molar-refractivity contribution in [3.8, 4) is 11.5 Å². The number of benzene rings is 3. The Kier molecular flexibility index (Phi) is 4.10. The zero-order valence-corrected chi connectivity index (χ0v) is 12.8. The second-order valence-corrected chi connectivity index (χ2v) is 5.44. The summed E-state index contributed by atoms with van der Waals surface area (Å²) in [7, 11) is 0. The summed E-state index contributed by atoms with van der Waals surface area (Å²) in [6, 6.07) is 24.2. The molecule has 0 aliphatic rings. The maximum absolute atomic E-state index is 5.79. The van der Waals surface area contributed by atoms with Crippen LogP contribution in [0.2, 0.25) is 0 Å². The van der Waals surface area contributed by atoms with E-state index >= 15 is 0 Å². The smallest absolute Gasteiger partial charge is 0.127 e. The van der Waals surface area contributed by atoms with Crippen molar-refractivity contribution in [2.24, 2.45) is 0 Å². The number of anilines is 2. The van der Waals surface area contributed by atoms with Crippen molar-refractivity contribution in [1.82, 2.24) is 0 Å². The van der Waals surface area contributed by atoms with Gasteiger partial charge in [0.25, 0.3) is 0 Å². The van der Waals surface area contributed by atoms with Gasteiger partial charge in [-0.25, -0.2) is 0 Å². The third-order valence-electron chi connectivity index (χ3n) is 3.34. The quantitative estimate of drug-likeness (QED) is 0.651. The van der Waals surface area contributed by atoms with E-state index in [2.05, 4.69) is 37.4 Å². The van der Waals surface area contributed by atoms with Gasteiger partial charge in [-0.3, -0.25) is 0 Å². The first-order valence-corrected chi connectivity index (χ1v) is 7.37. The van der Waals surface area contributed by atoms with E-state index in [0.29, 0.717) is 0 Å². The van der Waals surface area contributed by atoms with Crippen molar-refractivity contribution in [2.45, 2.75) is 13.8 Å². The van der Waals surface area contributed by atoms with E-state index in [0.717, 1.165) is 22.9 Å². The molecular formula is C20H19NO. The van der Waals surface area contributed by atoms with Crippen molar-refractivity contribution in [3.05, 3.63) is 83.9 Å². The van der Waals surface area contributed by atoms with Crippen LogP contribution in [-0.2, 0) is 0 Å². The molecule has 0 unspecified atom stereocenters. The molecule has 1 N–H and O–H groups in total. The SMILES string of the molecule is Cc1cc(C)cc(Nc2ccc(Oc3ccccc3)cc2)c1. The molecule has 0 atom stereocenters. The number of nitrogens with one attached hydrogen (secondary N) is 1. The molecule has 0 spiro atoms. The van der Waals surface area contributed by atoms with E-state index in [-0.39, 0.29) is 0 Å². The van der Waals surface area contributed by atoms with Crippen molar-refractivity contribution in [1.29, 1.82) is 0 Å². The Balaban J connectivity index is 1.71. The van der Waals surface area contributed by atoms with E-state index in [1.165, 1.54) is 11.1 Å². The van der Waals surface area contributed by atoms with Gasteiger partial charge < -0.3 is 10.1 Å². The summed E-state index contributed by atoms with van der Waals surface area (Å²) < 4.78 is 5.79. The van der Waals surface area contributed by atoms with E-state index in [4.69, 9.17) is 4.74 Å². The Labute approximate surface area is 131 Å². The molecule has 0 aromatic heterocycles. The molecule has 110 valence electrons. The second-order valence-electron chi connectivity index (χ2n) is 5.44. The summed E-state index contributed by atoms with van der Waals surface area (Å²) in [5.74, 6) is 1.68. The normalized spacial score (nSPS) is 10.3. The molecule has 0 saturated carbocycles. The highest BCUT2D eigenvalue weighted by molar-refractivity contribution is 5.62. The van der Waals surface area contributed by atoms with Gasteiger partial charge >= 0.3 is 0 Å². The molecule has 0 heterocycles. The van der Waals surface area contributed by atoms with Crippen LogP contribution >= 0.6 is 0 Å². The average molecular weight is 289 g/mol. The number of hydrogen-bond acceptors (Lipinski definition) is 2. The number of rotatable bonds is 4. The first kappa shape index (κ1) is 14.2. The lowest BCUT2D eigenvalue weighted by atomic mass is 10.1. The Hall–Kier alpha value is -2.74. The zero-order chi connectivity index (χ0) is 15.4. The van der Waals surface area contributed by atoms with Gasteiger partial charge in [-0.15, -0.1) is 0 Å². The van der Waals surface area contributed by atoms with Crippen LogP contribution < -0.4 is 10.1 Å². The van der Waals surface area contributed by atoms with Crippen LogP contribution in [0.5, 0.6) is 11.5 Å². The van der Waals surface area contributed by atoms with E-state index < -0.39 is 0 Å². The van der Waals surface area contributed by atoms with Crippen LogP contribution in [0.3, 0.4) is 0 Å². The van der Waals surface area contributed by atoms with Gasteiger partial charge in [0.1, 0.15) is 11.5 Å². The molecule has 3 aromatic carbocycles. The number of aryl methyl sites for hydroxylation is 2. The molecular weight excluding hydrogens is 270 g/mol. The Morgan fingerprint density at radius 3 is 1.86 bits per heavy atom. The maximum atomic E-state index is 5.79.